The van der Waals surface area contributed by atoms with Gasteiger partial charge in [0.15, 0.2) is 0 Å². The van der Waals surface area contributed by atoms with Gasteiger partial charge in [-0.3, -0.25) is 9.69 Å². The molecule has 0 aliphatic carbocycles. The molecule has 0 fully saturated rings. The summed E-state index contributed by atoms with van der Waals surface area (Å²) in [4.78, 5) is 28.8. The summed E-state index contributed by atoms with van der Waals surface area (Å²) in [7, 11) is 3.23. The Morgan fingerprint density at radius 2 is 1.93 bits per heavy atom. The second-order valence-corrected chi connectivity index (χ2v) is 6.87. The molecular weight excluding hydrogens is 361 g/mol. The lowest BCUT2D eigenvalue weighted by Crippen LogP contribution is -2.45. The highest BCUT2D eigenvalue weighted by atomic mass is 19.1. The van der Waals surface area contributed by atoms with Crippen LogP contribution in [-0.4, -0.2) is 42.4 Å². The monoisotopic (exact) mass is 381 g/mol. The zero-order valence-electron chi connectivity index (χ0n) is 15.6. The van der Waals surface area contributed by atoms with E-state index in [1.54, 1.807) is 31.2 Å². The fraction of sp³-hybridized carbons (Fsp3) is 0.238. The summed E-state index contributed by atoms with van der Waals surface area (Å²) in [6, 6.07) is 12.6. The number of urea groups is 1. The van der Waals surface area contributed by atoms with E-state index < -0.39 is 6.04 Å². The first-order valence-electron chi connectivity index (χ1n) is 8.93. The molecule has 2 aliphatic heterocycles. The van der Waals surface area contributed by atoms with Gasteiger partial charge in [-0.25, -0.2) is 9.18 Å². The van der Waals surface area contributed by atoms with Gasteiger partial charge in [-0.1, -0.05) is 24.3 Å². The van der Waals surface area contributed by atoms with E-state index in [0.29, 0.717) is 30.1 Å². The molecule has 6 nitrogen and oxygen atoms in total. The third-order valence-corrected chi connectivity index (χ3v) is 5.15. The van der Waals surface area contributed by atoms with Gasteiger partial charge >= 0.3 is 6.03 Å². The summed E-state index contributed by atoms with van der Waals surface area (Å²) in [5.74, 6) is 0.196. The Kier molecular flexibility index (Phi) is 4.50. The normalized spacial score (nSPS) is 19.0. The molecule has 2 heterocycles. The van der Waals surface area contributed by atoms with Crippen molar-refractivity contribution in [3.63, 3.8) is 0 Å². The van der Waals surface area contributed by atoms with Crippen LogP contribution in [0.2, 0.25) is 0 Å². The highest BCUT2D eigenvalue weighted by Gasteiger charge is 2.42. The minimum absolute atomic E-state index is 0.140. The van der Waals surface area contributed by atoms with Gasteiger partial charge < -0.3 is 15.0 Å². The third kappa shape index (κ3) is 3.09. The van der Waals surface area contributed by atoms with Gasteiger partial charge in [0.1, 0.15) is 11.6 Å². The van der Waals surface area contributed by atoms with E-state index in [9.17, 15) is 14.0 Å². The lowest BCUT2D eigenvalue weighted by molar-refractivity contribution is -0.126. The molecule has 3 amide bonds. The maximum absolute atomic E-state index is 13.2. The summed E-state index contributed by atoms with van der Waals surface area (Å²) >= 11 is 0. The Hall–Kier alpha value is -3.35. The summed E-state index contributed by atoms with van der Waals surface area (Å²) in [6.07, 6.45) is 0. The molecule has 2 aliphatic rings. The number of hydrogen-bond donors (Lipinski definition) is 1. The summed E-state index contributed by atoms with van der Waals surface area (Å²) in [5.41, 5.74) is 2.85. The first kappa shape index (κ1) is 18.0. The highest BCUT2D eigenvalue weighted by Crippen LogP contribution is 2.37. The third-order valence-electron chi connectivity index (χ3n) is 5.15. The van der Waals surface area contributed by atoms with E-state index in [0.717, 1.165) is 11.1 Å². The maximum atomic E-state index is 13.2. The molecule has 1 unspecified atom stereocenters. The van der Waals surface area contributed by atoms with Gasteiger partial charge in [0.2, 0.25) is 0 Å². The number of nitrogens with one attached hydrogen (secondary N) is 1. The van der Waals surface area contributed by atoms with Crippen LogP contribution in [0.25, 0.3) is 0 Å². The largest absolute Gasteiger partial charge is 0.497 e. The predicted molar refractivity (Wildman–Crippen MR) is 101 cm³/mol. The van der Waals surface area contributed by atoms with E-state index >= 15 is 0 Å². The van der Waals surface area contributed by atoms with Gasteiger partial charge in [-0.2, -0.15) is 0 Å². The van der Waals surface area contributed by atoms with Crippen LogP contribution in [0.1, 0.15) is 17.2 Å². The van der Waals surface area contributed by atoms with E-state index in [1.807, 2.05) is 24.3 Å². The number of halogens is 1. The topological polar surface area (TPSA) is 61.9 Å². The minimum Gasteiger partial charge on any atom is -0.497 e. The molecule has 0 saturated heterocycles. The van der Waals surface area contributed by atoms with Crippen molar-refractivity contribution in [3.05, 3.63) is 76.7 Å². The second kappa shape index (κ2) is 6.99. The van der Waals surface area contributed by atoms with Crippen molar-refractivity contribution in [1.29, 1.82) is 0 Å². The molecule has 144 valence electrons. The average molecular weight is 381 g/mol. The number of ether oxygens (including phenoxy) is 1. The van der Waals surface area contributed by atoms with Crippen LogP contribution < -0.4 is 10.1 Å². The minimum atomic E-state index is -0.542. The van der Waals surface area contributed by atoms with Crippen LogP contribution in [0.5, 0.6) is 5.75 Å². The van der Waals surface area contributed by atoms with Crippen molar-refractivity contribution in [3.8, 4) is 5.75 Å². The summed E-state index contributed by atoms with van der Waals surface area (Å²) < 4.78 is 18.4. The molecular formula is C21H20FN3O3. The summed E-state index contributed by atoms with van der Waals surface area (Å²) in [6.45, 7) is 0.676. The number of nitrogens with zero attached hydrogens (tertiary/aromatic N) is 2. The Morgan fingerprint density at radius 1 is 1.18 bits per heavy atom. The Balaban J connectivity index is 1.66. The molecule has 28 heavy (non-hydrogen) atoms. The van der Waals surface area contributed by atoms with Crippen LogP contribution in [0.3, 0.4) is 0 Å². The Labute approximate surface area is 162 Å². The average Bonchev–Trinajstić information content (AvgIpc) is 3.03. The van der Waals surface area contributed by atoms with E-state index in [2.05, 4.69) is 5.32 Å². The molecule has 2 aromatic rings. The standard InChI is InChI=1S/C21H20FN3O3/c1-24-17-12-25(11-13-6-8-15(22)9-7-13)20(26)18(17)19(23-21(24)27)14-4-3-5-16(10-14)28-2/h3-10,19H,11-12H2,1-2H3,(H,23,27). The molecule has 1 N–H and O–H groups in total. The molecule has 0 spiro atoms. The van der Waals surface area contributed by atoms with Crippen molar-refractivity contribution in [1.82, 2.24) is 15.1 Å². The van der Waals surface area contributed by atoms with Gasteiger partial charge in [-0.05, 0) is 35.4 Å². The van der Waals surface area contributed by atoms with Gasteiger partial charge in [0.05, 0.1) is 31.0 Å². The van der Waals surface area contributed by atoms with Crippen LogP contribution >= 0.6 is 0 Å². The van der Waals surface area contributed by atoms with Crippen molar-refractivity contribution in [2.45, 2.75) is 12.6 Å². The van der Waals surface area contributed by atoms with Crippen LogP contribution in [0, 0.1) is 5.82 Å². The first-order valence-corrected chi connectivity index (χ1v) is 8.93. The maximum Gasteiger partial charge on any atom is 0.322 e. The number of carbonyl (C=O) groups excluding carboxylic acids is 2. The van der Waals surface area contributed by atoms with Crippen LogP contribution in [0.4, 0.5) is 9.18 Å². The zero-order valence-corrected chi connectivity index (χ0v) is 15.6. The van der Waals surface area contributed by atoms with Crippen LogP contribution in [0.15, 0.2) is 59.8 Å². The SMILES string of the molecule is COc1cccc(C2NC(=O)N(C)C3=C2C(=O)N(Cc2ccc(F)cc2)C3)c1. The van der Waals surface area contributed by atoms with Crippen LogP contribution in [-0.2, 0) is 11.3 Å². The van der Waals surface area contributed by atoms with Gasteiger partial charge in [-0.15, -0.1) is 0 Å². The highest BCUT2D eigenvalue weighted by molar-refractivity contribution is 6.01. The number of methoxy groups -OCH3 is 1. The number of benzene rings is 2. The van der Waals surface area contributed by atoms with Crippen molar-refractivity contribution in [2.24, 2.45) is 0 Å². The molecule has 0 aromatic heterocycles. The molecule has 1 atom stereocenters. The second-order valence-electron chi connectivity index (χ2n) is 6.87. The molecule has 0 radical (unpaired) electrons. The fourth-order valence-corrected chi connectivity index (χ4v) is 3.63. The molecule has 4 rings (SSSR count). The molecule has 7 heteroatoms. The lowest BCUT2D eigenvalue weighted by Gasteiger charge is -2.31. The number of rotatable bonds is 4. The quantitative estimate of drug-likeness (QED) is 0.886. The number of likely N-dealkylation sites (N-methyl/N-ethyl adjacent to an activating group) is 1. The summed E-state index contributed by atoms with van der Waals surface area (Å²) in [5, 5.41) is 2.90. The zero-order chi connectivity index (χ0) is 19.8. The van der Waals surface area contributed by atoms with E-state index in [4.69, 9.17) is 4.74 Å². The Bertz CT molecular complexity index is 971. The lowest BCUT2D eigenvalue weighted by atomic mass is 9.95. The van der Waals surface area contributed by atoms with Crippen molar-refractivity contribution < 1.29 is 18.7 Å². The fourth-order valence-electron chi connectivity index (χ4n) is 3.63. The van der Waals surface area contributed by atoms with Gasteiger partial charge in [0, 0.05) is 13.6 Å². The molecule has 0 bridgehead atoms. The Morgan fingerprint density at radius 3 is 2.64 bits per heavy atom. The number of amides is 3. The van der Waals surface area contributed by atoms with Crippen molar-refractivity contribution >= 4 is 11.9 Å². The molecule has 0 saturated carbocycles. The van der Waals surface area contributed by atoms with E-state index in [-0.39, 0.29) is 17.8 Å². The van der Waals surface area contributed by atoms with Gasteiger partial charge in [0.25, 0.3) is 5.91 Å². The predicted octanol–water partition coefficient (Wildman–Crippen LogP) is 2.83. The first-order chi connectivity index (χ1) is 13.5. The van der Waals surface area contributed by atoms with E-state index in [1.165, 1.54) is 17.0 Å². The number of hydrogen-bond acceptors (Lipinski definition) is 3. The molecule has 2 aromatic carbocycles. The van der Waals surface area contributed by atoms with Crippen molar-refractivity contribution in [2.75, 3.05) is 20.7 Å². The number of carbonyl (C=O) groups is 2. The smallest absolute Gasteiger partial charge is 0.322 e.